The molecule has 0 fully saturated rings. The van der Waals surface area contributed by atoms with Crippen LogP contribution in [-0.4, -0.2) is 24.3 Å². The highest BCUT2D eigenvalue weighted by Gasteiger charge is 2.02. The zero-order valence-corrected chi connectivity index (χ0v) is 8.59. The van der Waals surface area contributed by atoms with Gasteiger partial charge in [0.25, 0.3) is 0 Å². The van der Waals surface area contributed by atoms with Crippen LogP contribution in [0.15, 0.2) is 11.1 Å². The highest BCUT2D eigenvalue weighted by Crippen LogP contribution is 2.09. The third kappa shape index (κ3) is 6.34. The van der Waals surface area contributed by atoms with E-state index in [-0.39, 0.29) is 19.2 Å². The molecule has 0 aromatic heterocycles. The summed E-state index contributed by atoms with van der Waals surface area (Å²) in [5.41, 5.74) is 2.47. The zero-order chi connectivity index (χ0) is 10.3. The number of hydrogen-bond donors (Lipinski definition) is 1. The second-order valence-corrected chi connectivity index (χ2v) is 3.22. The van der Waals surface area contributed by atoms with Crippen LogP contribution in [0.5, 0.6) is 0 Å². The molecule has 0 saturated heterocycles. The number of allylic oxidation sites excluding steroid dienone is 2. The summed E-state index contributed by atoms with van der Waals surface area (Å²) in [5, 5.41) is 8.39. The minimum Gasteiger partial charge on any atom is -0.463 e. The van der Waals surface area contributed by atoms with E-state index in [1.165, 1.54) is 11.1 Å². The molecule has 3 nitrogen and oxygen atoms in total. The maximum absolute atomic E-state index is 11.0. The Bertz CT molecular complexity index is 190. The second-order valence-electron chi connectivity index (χ2n) is 3.22. The van der Waals surface area contributed by atoms with E-state index in [2.05, 4.69) is 0 Å². The monoisotopic (exact) mass is 186 g/mol. The van der Waals surface area contributed by atoms with Gasteiger partial charge in [0, 0.05) is 6.42 Å². The van der Waals surface area contributed by atoms with Crippen LogP contribution in [0.4, 0.5) is 0 Å². The van der Waals surface area contributed by atoms with Gasteiger partial charge in [-0.2, -0.15) is 0 Å². The normalized spacial score (nSPS) is 9.54. The van der Waals surface area contributed by atoms with Gasteiger partial charge in [-0.25, -0.2) is 0 Å². The molecule has 0 radical (unpaired) electrons. The molecule has 0 saturated carbocycles. The molecule has 0 aliphatic rings. The summed E-state index contributed by atoms with van der Waals surface area (Å²) in [4.78, 5) is 11.0. The van der Waals surface area contributed by atoms with Crippen LogP contribution >= 0.6 is 0 Å². The molecule has 3 heteroatoms. The van der Waals surface area contributed by atoms with Crippen LogP contribution in [0.25, 0.3) is 0 Å². The lowest BCUT2D eigenvalue weighted by Gasteiger charge is -2.04. The Morgan fingerprint density at radius 1 is 1.23 bits per heavy atom. The molecule has 0 heterocycles. The first kappa shape index (κ1) is 12.2. The fourth-order valence-corrected chi connectivity index (χ4v) is 0.771. The number of aliphatic hydroxyl groups excluding tert-OH is 1. The van der Waals surface area contributed by atoms with E-state index in [4.69, 9.17) is 9.84 Å². The number of aliphatic hydroxyl groups is 1. The third-order valence-electron chi connectivity index (χ3n) is 1.91. The van der Waals surface area contributed by atoms with Crippen molar-refractivity contribution in [1.29, 1.82) is 0 Å². The number of rotatable bonds is 5. The first-order valence-corrected chi connectivity index (χ1v) is 4.47. The summed E-state index contributed by atoms with van der Waals surface area (Å²) in [6, 6.07) is 0. The van der Waals surface area contributed by atoms with E-state index in [1.54, 1.807) is 0 Å². The lowest BCUT2D eigenvalue weighted by atomic mass is 10.1. The second kappa shape index (κ2) is 6.66. The maximum Gasteiger partial charge on any atom is 0.306 e. The Morgan fingerprint density at radius 2 is 1.85 bits per heavy atom. The Labute approximate surface area is 79.4 Å². The highest BCUT2D eigenvalue weighted by molar-refractivity contribution is 5.69. The number of ether oxygens (including phenoxy) is 1. The van der Waals surface area contributed by atoms with Gasteiger partial charge in [0.2, 0.25) is 0 Å². The van der Waals surface area contributed by atoms with Gasteiger partial charge in [-0.3, -0.25) is 4.79 Å². The van der Waals surface area contributed by atoms with Crippen molar-refractivity contribution < 1.29 is 14.6 Å². The van der Waals surface area contributed by atoms with Gasteiger partial charge in [0.1, 0.15) is 6.61 Å². The molecule has 0 amide bonds. The predicted molar refractivity (Wildman–Crippen MR) is 51.3 cm³/mol. The van der Waals surface area contributed by atoms with Gasteiger partial charge in [0.15, 0.2) is 0 Å². The van der Waals surface area contributed by atoms with Gasteiger partial charge >= 0.3 is 5.97 Å². The van der Waals surface area contributed by atoms with Crippen molar-refractivity contribution in [3.8, 4) is 0 Å². The fourth-order valence-electron chi connectivity index (χ4n) is 0.771. The summed E-state index contributed by atoms with van der Waals surface area (Å²) in [6.07, 6.45) is 1.14. The lowest BCUT2D eigenvalue weighted by Crippen LogP contribution is -2.08. The SMILES string of the molecule is CC(C)=C(C)CCC(=O)OCCO. The first-order valence-electron chi connectivity index (χ1n) is 4.47. The molecule has 0 unspecified atom stereocenters. The molecule has 0 aromatic carbocycles. The molecule has 0 spiro atoms. The summed E-state index contributed by atoms with van der Waals surface area (Å²) < 4.78 is 4.71. The maximum atomic E-state index is 11.0. The number of carbonyl (C=O) groups is 1. The van der Waals surface area contributed by atoms with Crippen molar-refractivity contribution in [2.24, 2.45) is 0 Å². The molecular formula is C10H18O3. The van der Waals surface area contributed by atoms with Crippen molar-refractivity contribution in [3.05, 3.63) is 11.1 Å². The number of esters is 1. The molecule has 0 bridgehead atoms. The molecule has 13 heavy (non-hydrogen) atoms. The Morgan fingerprint density at radius 3 is 2.31 bits per heavy atom. The lowest BCUT2D eigenvalue weighted by molar-refractivity contribution is -0.144. The summed E-state index contributed by atoms with van der Waals surface area (Å²) in [7, 11) is 0. The van der Waals surface area contributed by atoms with E-state index < -0.39 is 0 Å². The van der Waals surface area contributed by atoms with Crippen molar-refractivity contribution in [3.63, 3.8) is 0 Å². The van der Waals surface area contributed by atoms with Crippen LogP contribution in [-0.2, 0) is 9.53 Å². The first-order chi connectivity index (χ1) is 6.07. The van der Waals surface area contributed by atoms with E-state index in [0.29, 0.717) is 6.42 Å². The van der Waals surface area contributed by atoms with Crippen molar-refractivity contribution in [1.82, 2.24) is 0 Å². The van der Waals surface area contributed by atoms with Crippen molar-refractivity contribution >= 4 is 5.97 Å². The van der Waals surface area contributed by atoms with Gasteiger partial charge in [0.05, 0.1) is 6.61 Å². The quantitative estimate of drug-likeness (QED) is 0.524. The largest absolute Gasteiger partial charge is 0.463 e. The van der Waals surface area contributed by atoms with Crippen LogP contribution in [0.1, 0.15) is 33.6 Å². The summed E-state index contributed by atoms with van der Waals surface area (Å²) in [6.45, 7) is 6.05. The average molecular weight is 186 g/mol. The topological polar surface area (TPSA) is 46.5 Å². The zero-order valence-electron chi connectivity index (χ0n) is 8.59. The van der Waals surface area contributed by atoms with Gasteiger partial charge in [-0.1, -0.05) is 11.1 Å². The van der Waals surface area contributed by atoms with Crippen LogP contribution in [0.3, 0.4) is 0 Å². The average Bonchev–Trinajstić information content (AvgIpc) is 2.10. The molecule has 0 rings (SSSR count). The van der Waals surface area contributed by atoms with E-state index in [1.807, 2.05) is 20.8 Å². The highest BCUT2D eigenvalue weighted by atomic mass is 16.5. The van der Waals surface area contributed by atoms with Crippen LogP contribution in [0, 0.1) is 0 Å². The minimum absolute atomic E-state index is 0.104. The van der Waals surface area contributed by atoms with E-state index in [0.717, 1.165) is 6.42 Å². The molecule has 0 atom stereocenters. The molecular weight excluding hydrogens is 168 g/mol. The van der Waals surface area contributed by atoms with Crippen molar-refractivity contribution in [2.45, 2.75) is 33.6 Å². The van der Waals surface area contributed by atoms with E-state index in [9.17, 15) is 4.79 Å². The molecule has 0 aromatic rings. The van der Waals surface area contributed by atoms with Gasteiger partial charge in [-0.15, -0.1) is 0 Å². The molecule has 76 valence electrons. The number of hydrogen-bond acceptors (Lipinski definition) is 3. The van der Waals surface area contributed by atoms with Crippen LogP contribution in [0.2, 0.25) is 0 Å². The van der Waals surface area contributed by atoms with Crippen LogP contribution < -0.4 is 0 Å². The fraction of sp³-hybridized carbons (Fsp3) is 0.700. The minimum atomic E-state index is -0.241. The Balaban J connectivity index is 3.65. The predicted octanol–water partition coefficient (Wildman–Crippen LogP) is 1.66. The smallest absolute Gasteiger partial charge is 0.306 e. The van der Waals surface area contributed by atoms with Crippen molar-refractivity contribution in [2.75, 3.05) is 13.2 Å². The molecule has 0 aliphatic carbocycles. The Hall–Kier alpha value is -0.830. The molecule has 0 aliphatic heterocycles. The standard InChI is InChI=1S/C10H18O3/c1-8(2)9(3)4-5-10(12)13-7-6-11/h11H,4-7H2,1-3H3. The Kier molecular flexibility index (Phi) is 6.24. The van der Waals surface area contributed by atoms with E-state index >= 15 is 0 Å². The van der Waals surface area contributed by atoms with Gasteiger partial charge in [-0.05, 0) is 27.2 Å². The summed E-state index contributed by atoms with van der Waals surface area (Å²) in [5.74, 6) is -0.241. The third-order valence-corrected chi connectivity index (χ3v) is 1.91. The van der Waals surface area contributed by atoms with Gasteiger partial charge < -0.3 is 9.84 Å². The summed E-state index contributed by atoms with van der Waals surface area (Å²) >= 11 is 0. The molecule has 1 N–H and O–H groups in total. The number of carbonyl (C=O) groups excluding carboxylic acids is 1.